The molecule has 1 N–H and O–H groups in total. The number of aromatic amines is 1. The summed E-state index contributed by atoms with van der Waals surface area (Å²) < 4.78 is 0. The highest BCUT2D eigenvalue weighted by Crippen LogP contribution is 2.39. The lowest BCUT2D eigenvalue weighted by atomic mass is 10.1. The SMILES string of the molecule is O=[N+]([O-])c1cccc(-c2c[nH]c(C3CC3)n2)c1. The van der Waals surface area contributed by atoms with Crippen molar-refractivity contribution in [2.45, 2.75) is 18.8 Å². The van der Waals surface area contributed by atoms with Crippen molar-refractivity contribution >= 4 is 5.69 Å². The standard InChI is InChI=1S/C12H11N3O2/c16-15(17)10-3-1-2-9(6-10)11-7-13-12(14-11)8-4-5-8/h1-3,6-8H,4-5H2,(H,13,14). The fraction of sp³-hybridized carbons (Fsp3) is 0.250. The third-order valence-electron chi connectivity index (χ3n) is 2.91. The maximum absolute atomic E-state index is 10.7. The summed E-state index contributed by atoms with van der Waals surface area (Å²) in [5, 5.41) is 10.7. The highest BCUT2D eigenvalue weighted by Gasteiger charge is 2.26. The Bertz CT molecular complexity index is 573. The van der Waals surface area contributed by atoms with Crippen LogP contribution in [0.1, 0.15) is 24.6 Å². The normalized spacial score (nSPS) is 14.8. The third-order valence-corrected chi connectivity index (χ3v) is 2.91. The van der Waals surface area contributed by atoms with Crippen LogP contribution < -0.4 is 0 Å². The number of nitro groups is 1. The first kappa shape index (κ1) is 10.0. The van der Waals surface area contributed by atoms with E-state index in [2.05, 4.69) is 9.97 Å². The van der Waals surface area contributed by atoms with Crippen molar-refractivity contribution in [3.8, 4) is 11.3 Å². The molecular formula is C12H11N3O2. The quantitative estimate of drug-likeness (QED) is 0.649. The van der Waals surface area contributed by atoms with Gasteiger partial charge in [0.2, 0.25) is 0 Å². The van der Waals surface area contributed by atoms with Crippen LogP contribution in [-0.2, 0) is 0 Å². The maximum atomic E-state index is 10.7. The molecule has 1 aromatic carbocycles. The molecule has 1 aliphatic rings. The van der Waals surface area contributed by atoms with Crippen LogP contribution in [0.2, 0.25) is 0 Å². The smallest absolute Gasteiger partial charge is 0.270 e. The van der Waals surface area contributed by atoms with E-state index in [0.717, 1.165) is 17.1 Å². The number of non-ortho nitro benzene ring substituents is 1. The van der Waals surface area contributed by atoms with Crippen LogP contribution in [0.3, 0.4) is 0 Å². The number of benzene rings is 1. The lowest BCUT2D eigenvalue weighted by molar-refractivity contribution is -0.384. The number of imidazole rings is 1. The van der Waals surface area contributed by atoms with E-state index in [0.29, 0.717) is 5.92 Å². The monoisotopic (exact) mass is 229 g/mol. The Hall–Kier alpha value is -2.17. The molecule has 0 bridgehead atoms. The van der Waals surface area contributed by atoms with Gasteiger partial charge in [0.15, 0.2) is 0 Å². The van der Waals surface area contributed by atoms with Gasteiger partial charge in [0.25, 0.3) is 5.69 Å². The van der Waals surface area contributed by atoms with Crippen LogP contribution in [0.4, 0.5) is 5.69 Å². The number of H-pyrrole nitrogens is 1. The molecule has 86 valence electrons. The molecule has 0 spiro atoms. The molecular weight excluding hydrogens is 218 g/mol. The van der Waals surface area contributed by atoms with Gasteiger partial charge in [0.1, 0.15) is 5.82 Å². The van der Waals surface area contributed by atoms with Gasteiger partial charge in [0, 0.05) is 29.8 Å². The average molecular weight is 229 g/mol. The minimum absolute atomic E-state index is 0.0958. The summed E-state index contributed by atoms with van der Waals surface area (Å²) in [6, 6.07) is 6.55. The molecule has 0 aliphatic heterocycles. The van der Waals surface area contributed by atoms with Crippen molar-refractivity contribution in [1.82, 2.24) is 9.97 Å². The highest BCUT2D eigenvalue weighted by molar-refractivity contribution is 5.62. The van der Waals surface area contributed by atoms with Gasteiger partial charge in [-0.25, -0.2) is 4.98 Å². The second kappa shape index (κ2) is 3.69. The molecule has 0 atom stereocenters. The summed E-state index contributed by atoms with van der Waals surface area (Å²) in [6.45, 7) is 0. The summed E-state index contributed by atoms with van der Waals surface area (Å²) in [7, 11) is 0. The van der Waals surface area contributed by atoms with E-state index in [9.17, 15) is 10.1 Å². The van der Waals surface area contributed by atoms with E-state index in [1.807, 2.05) is 12.3 Å². The van der Waals surface area contributed by atoms with Crippen molar-refractivity contribution in [3.05, 3.63) is 46.4 Å². The van der Waals surface area contributed by atoms with Crippen LogP contribution in [0, 0.1) is 10.1 Å². The molecule has 0 saturated heterocycles. The lowest BCUT2D eigenvalue weighted by Crippen LogP contribution is -1.88. The molecule has 1 heterocycles. The van der Waals surface area contributed by atoms with E-state index < -0.39 is 4.92 Å². The van der Waals surface area contributed by atoms with E-state index >= 15 is 0 Å². The van der Waals surface area contributed by atoms with Crippen LogP contribution in [0.15, 0.2) is 30.5 Å². The third kappa shape index (κ3) is 1.91. The van der Waals surface area contributed by atoms with Gasteiger partial charge in [-0.1, -0.05) is 12.1 Å². The molecule has 1 aliphatic carbocycles. The Morgan fingerprint density at radius 3 is 2.94 bits per heavy atom. The second-order valence-electron chi connectivity index (χ2n) is 4.25. The first-order valence-electron chi connectivity index (χ1n) is 5.54. The Kier molecular flexibility index (Phi) is 2.18. The number of hydrogen-bond donors (Lipinski definition) is 1. The topological polar surface area (TPSA) is 71.8 Å². The molecule has 2 aromatic rings. The van der Waals surface area contributed by atoms with Gasteiger partial charge in [-0.15, -0.1) is 0 Å². The van der Waals surface area contributed by atoms with Gasteiger partial charge < -0.3 is 4.98 Å². The van der Waals surface area contributed by atoms with Gasteiger partial charge >= 0.3 is 0 Å². The molecule has 1 aromatic heterocycles. The molecule has 1 saturated carbocycles. The Labute approximate surface area is 97.7 Å². The number of aromatic nitrogens is 2. The summed E-state index contributed by atoms with van der Waals surface area (Å²) in [4.78, 5) is 17.9. The fourth-order valence-electron chi connectivity index (χ4n) is 1.83. The zero-order valence-corrected chi connectivity index (χ0v) is 9.09. The van der Waals surface area contributed by atoms with Gasteiger partial charge in [-0.2, -0.15) is 0 Å². The average Bonchev–Trinajstić information content (AvgIpc) is 3.07. The predicted molar refractivity (Wildman–Crippen MR) is 62.7 cm³/mol. The first-order chi connectivity index (χ1) is 8.24. The summed E-state index contributed by atoms with van der Waals surface area (Å²) in [6.07, 6.45) is 4.18. The number of nitrogens with zero attached hydrogens (tertiary/aromatic N) is 2. The molecule has 5 heteroatoms. The zero-order valence-electron chi connectivity index (χ0n) is 9.09. The van der Waals surface area contributed by atoms with Crippen LogP contribution in [-0.4, -0.2) is 14.9 Å². The van der Waals surface area contributed by atoms with Gasteiger partial charge in [-0.05, 0) is 12.8 Å². The van der Waals surface area contributed by atoms with Crippen molar-refractivity contribution in [2.24, 2.45) is 0 Å². The summed E-state index contributed by atoms with van der Waals surface area (Å²) in [5.41, 5.74) is 1.65. The largest absolute Gasteiger partial charge is 0.348 e. The van der Waals surface area contributed by atoms with Gasteiger partial charge in [-0.3, -0.25) is 10.1 Å². The number of rotatable bonds is 3. The van der Waals surface area contributed by atoms with Crippen molar-refractivity contribution in [2.75, 3.05) is 0 Å². The fourth-order valence-corrected chi connectivity index (χ4v) is 1.83. The number of nitro benzene ring substituents is 1. The van der Waals surface area contributed by atoms with Crippen molar-refractivity contribution in [1.29, 1.82) is 0 Å². The zero-order chi connectivity index (χ0) is 11.8. The van der Waals surface area contributed by atoms with Crippen molar-refractivity contribution < 1.29 is 4.92 Å². The number of nitrogens with one attached hydrogen (secondary N) is 1. The van der Waals surface area contributed by atoms with E-state index in [1.165, 1.54) is 18.9 Å². The Morgan fingerprint density at radius 2 is 2.24 bits per heavy atom. The Morgan fingerprint density at radius 1 is 1.41 bits per heavy atom. The molecule has 17 heavy (non-hydrogen) atoms. The Balaban J connectivity index is 1.96. The van der Waals surface area contributed by atoms with Crippen LogP contribution in [0.25, 0.3) is 11.3 Å². The summed E-state index contributed by atoms with van der Waals surface area (Å²) in [5.74, 6) is 1.55. The van der Waals surface area contributed by atoms with Crippen LogP contribution >= 0.6 is 0 Å². The number of hydrogen-bond acceptors (Lipinski definition) is 3. The molecule has 1 fully saturated rings. The minimum Gasteiger partial charge on any atom is -0.348 e. The van der Waals surface area contributed by atoms with E-state index in [4.69, 9.17) is 0 Å². The maximum Gasteiger partial charge on any atom is 0.270 e. The summed E-state index contributed by atoms with van der Waals surface area (Å²) >= 11 is 0. The molecule has 0 amide bonds. The van der Waals surface area contributed by atoms with Crippen molar-refractivity contribution in [3.63, 3.8) is 0 Å². The lowest BCUT2D eigenvalue weighted by Gasteiger charge is -1.96. The van der Waals surface area contributed by atoms with E-state index in [-0.39, 0.29) is 5.69 Å². The molecule has 0 radical (unpaired) electrons. The molecule has 5 nitrogen and oxygen atoms in total. The van der Waals surface area contributed by atoms with Crippen LogP contribution in [0.5, 0.6) is 0 Å². The predicted octanol–water partition coefficient (Wildman–Crippen LogP) is 2.86. The first-order valence-corrected chi connectivity index (χ1v) is 5.54. The molecule has 0 unspecified atom stereocenters. The minimum atomic E-state index is -0.391. The molecule has 3 rings (SSSR count). The van der Waals surface area contributed by atoms with Gasteiger partial charge in [0.05, 0.1) is 10.6 Å². The highest BCUT2D eigenvalue weighted by atomic mass is 16.6. The second-order valence-corrected chi connectivity index (χ2v) is 4.25. The van der Waals surface area contributed by atoms with E-state index in [1.54, 1.807) is 12.1 Å².